The number of amides is 1. The van der Waals surface area contributed by atoms with Gasteiger partial charge in [0.15, 0.2) is 6.61 Å². The fraction of sp³-hybridized carbons (Fsp3) is 0.235. The molecule has 2 aromatic rings. The number of benzene rings is 2. The molecule has 3 nitrogen and oxygen atoms in total. The van der Waals surface area contributed by atoms with E-state index in [1.807, 2.05) is 31.2 Å². The molecule has 0 fully saturated rings. The van der Waals surface area contributed by atoms with E-state index in [9.17, 15) is 4.79 Å². The molecule has 2 rings (SSSR count). The van der Waals surface area contributed by atoms with Gasteiger partial charge < -0.3 is 10.1 Å². The summed E-state index contributed by atoms with van der Waals surface area (Å²) in [6.07, 6.45) is 0. The van der Waals surface area contributed by atoms with E-state index in [-0.39, 0.29) is 12.5 Å². The fourth-order valence-electron chi connectivity index (χ4n) is 1.89. The van der Waals surface area contributed by atoms with Crippen molar-refractivity contribution in [1.29, 1.82) is 0 Å². The Labute approximate surface area is 119 Å². The maximum atomic E-state index is 11.3. The molecule has 0 aliphatic heterocycles. The summed E-state index contributed by atoms with van der Waals surface area (Å²) in [6, 6.07) is 16.1. The van der Waals surface area contributed by atoms with Crippen LogP contribution in [0.2, 0.25) is 0 Å². The SMILES string of the molecule is CCNC(=O)COc1ccc(-c2ccc(C)cc2)cc1. The van der Waals surface area contributed by atoms with Crippen molar-refractivity contribution in [3.05, 3.63) is 54.1 Å². The summed E-state index contributed by atoms with van der Waals surface area (Å²) in [5, 5.41) is 2.69. The van der Waals surface area contributed by atoms with E-state index in [0.717, 1.165) is 5.56 Å². The summed E-state index contributed by atoms with van der Waals surface area (Å²) < 4.78 is 5.42. The third kappa shape index (κ3) is 3.85. The molecule has 0 aliphatic carbocycles. The van der Waals surface area contributed by atoms with Crippen molar-refractivity contribution in [2.45, 2.75) is 13.8 Å². The minimum atomic E-state index is -0.102. The Morgan fingerprint density at radius 1 is 1.00 bits per heavy atom. The van der Waals surface area contributed by atoms with Gasteiger partial charge in [-0.05, 0) is 37.1 Å². The van der Waals surface area contributed by atoms with E-state index in [2.05, 4.69) is 36.5 Å². The summed E-state index contributed by atoms with van der Waals surface area (Å²) in [5.41, 5.74) is 3.55. The minimum Gasteiger partial charge on any atom is -0.484 e. The van der Waals surface area contributed by atoms with Crippen LogP contribution in [0, 0.1) is 6.92 Å². The van der Waals surface area contributed by atoms with Crippen LogP contribution >= 0.6 is 0 Å². The Hall–Kier alpha value is -2.29. The van der Waals surface area contributed by atoms with Gasteiger partial charge >= 0.3 is 0 Å². The molecule has 0 radical (unpaired) electrons. The second-order valence-corrected chi connectivity index (χ2v) is 4.63. The molecule has 0 aliphatic rings. The zero-order chi connectivity index (χ0) is 14.4. The summed E-state index contributed by atoms with van der Waals surface area (Å²) in [7, 11) is 0. The van der Waals surface area contributed by atoms with Crippen LogP contribution < -0.4 is 10.1 Å². The van der Waals surface area contributed by atoms with Crippen LogP contribution in [0.15, 0.2) is 48.5 Å². The van der Waals surface area contributed by atoms with Gasteiger partial charge in [0.25, 0.3) is 5.91 Å². The van der Waals surface area contributed by atoms with Gasteiger partial charge in [-0.3, -0.25) is 4.79 Å². The van der Waals surface area contributed by atoms with Crippen molar-refractivity contribution < 1.29 is 9.53 Å². The van der Waals surface area contributed by atoms with Crippen molar-refractivity contribution in [3.8, 4) is 16.9 Å². The van der Waals surface area contributed by atoms with Gasteiger partial charge in [-0.15, -0.1) is 0 Å². The Morgan fingerprint density at radius 2 is 1.55 bits per heavy atom. The molecule has 0 atom stereocenters. The quantitative estimate of drug-likeness (QED) is 0.905. The van der Waals surface area contributed by atoms with Gasteiger partial charge in [0, 0.05) is 6.54 Å². The number of ether oxygens (including phenoxy) is 1. The molecule has 0 spiro atoms. The lowest BCUT2D eigenvalue weighted by Gasteiger charge is -2.07. The number of carbonyl (C=O) groups is 1. The zero-order valence-corrected chi connectivity index (χ0v) is 11.8. The maximum absolute atomic E-state index is 11.3. The predicted molar refractivity (Wildman–Crippen MR) is 80.8 cm³/mol. The molecule has 0 heterocycles. The Kier molecular flexibility index (Phi) is 4.77. The largest absolute Gasteiger partial charge is 0.484 e. The van der Waals surface area contributed by atoms with Gasteiger partial charge in [0.05, 0.1) is 0 Å². The minimum absolute atomic E-state index is 0.0533. The molecular formula is C17H19NO2. The fourth-order valence-corrected chi connectivity index (χ4v) is 1.89. The summed E-state index contributed by atoms with van der Waals surface area (Å²) in [4.78, 5) is 11.3. The monoisotopic (exact) mass is 269 g/mol. The van der Waals surface area contributed by atoms with Gasteiger partial charge in [-0.25, -0.2) is 0 Å². The number of carbonyl (C=O) groups excluding carboxylic acids is 1. The van der Waals surface area contributed by atoms with Crippen molar-refractivity contribution in [3.63, 3.8) is 0 Å². The normalized spacial score (nSPS) is 10.1. The van der Waals surface area contributed by atoms with Crippen LogP contribution in [0.5, 0.6) is 5.75 Å². The van der Waals surface area contributed by atoms with Crippen molar-refractivity contribution in [1.82, 2.24) is 5.32 Å². The van der Waals surface area contributed by atoms with E-state index in [1.54, 1.807) is 0 Å². The standard InChI is InChI=1S/C17H19NO2/c1-3-18-17(19)12-20-16-10-8-15(9-11-16)14-6-4-13(2)5-7-14/h4-11H,3,12H2,1-2H3,(H,18,19). The van der Waals surface area contributed by atoms with Crippen molar-refractivity contribution in [2.24, 2.45) is 0 Å². The molecule has 104 valence electrons. The Bertz CT molecular complexity index is 559. The molecule has 1 amide bonds. The molecule has 2 aromatic carbocycles. The van der Waals surface area contributed by atoms with Crippen LogP contribution in [-0.2, 0) is 4.79 Å². The molecule has 20 heavy (non-hydrogen) atoms. The highest BCUT2D eigenvalue weighted by Crippen LogP contribution is 2.22. The lowest BCUT2D eigenvalue weighted by atomic mass is 10.0. The number of hydrogen-bond acceptors (Lipinski definition) is 2. The Morgan fingerprint density at radius 3 is 2.10 bits per heavy atom. The third-order valence-corrected chi connectivity index (χ3v) is 2.98. The van der Waals surface area contributed by atoms with Crippen molar-refractivity contribution in [2.75, 3.05) is 13.2 Å². The average Bonchev–Trinajstić information content (AvgIpc) is 2.47. The van der Waals surface area contributed by atoms with Crippen LogP contribution in [-0.4, -0.2) is 19.1 Å². The third-order valence-electron chi connectivity index (χ3n) is 2.98. The summed E-state index contributed by atoms with van der Waals surface area (Å²) >= 11 is 0. The number of likely N-dealkylation sites (N-methyl/N-ethyl adjacent to an activating group) is 1. The highest BCUT2D eigenvalue weighted by molar-refractivity contribution is 5.77. The van der Waals surface area contributed by atoms with E-state index in [4.69, 9.17) is 4.74 Å². The average molecular weight is 269 g/mol. The van der Waals surface area contributed by atoms with E-state index in [0.29, 0.717) is 12.3 Å². The smallest absolute Gasteiger partial charge is 0.257 e. The molecule has 3 heteroatoms. The van der Waals surface area contributed by atoms with Crippen LogP contribution in [0.25, 0.3) is 11.1 Å². The molecule has 0 saturated carbocycles. The highest BCUT2D eigenvalue weighted by atomic mass is 16.5. The molecule has 0 aromatic heterocycles. The first-order valence-corrected chi connectivity index (χ1v) is 6.75. The molecule has 1 N–H and O–H groups in total. The van der Waals surface area contributed by atoms with E-state index in [1.165, 1.54) is 11.1 Å². The number of hydrogen-bond donors (Lipinski definition) is 1. The molecule has 0 saturated heterocycles. The van der Waals surface area contributed by atoms with Crippen LogP contribution in [0.4, 0.5) is 0 Å². The predicted octanol–water partition coefficient (Wildman–Crippen LogP) is 3.18. The lowest BCUT2D eigenvalue weighted by molar-refractivity contribution is -0.122. The molecule has 0 bridgehead atoms. The maximum Gasteiger partial charge on any atom is 0.257 e. The number of rotatable bonds is 5. The Balaban J connectivity index is 1.99. The van der Waals surface area contributed by atoms with Crippen LogP contribution in [0.3, 0.4) is 0 Å². The second-order valence-electron chi connectivity index (χ2n) is 4.63. The first-order chi connectivity index (χ1) is 9.69. The highest BCUT2D eigenvalue weighted by Gasteiger charge is 2.02. The number of aryl methyl sites for hydroxylation is 1. The summed E-state index contributed by atoms with van der Waals surface area (Å²) in [6.45, 7) is 4.63. The van der Waals surface area contributed by atoms with Gasteiger partial charge in [-0.2, -0.15) is 0 Å². The first-order valence-electron chi connectivity index (χ1n) is 6.75. The van der Waals surface area contributed by atoms with Gasteiger partial charge in [-0.1, -0.05) is 42.0 Å². The van der Waals surface area contributed by atoms with Crippen molar-refractivity contribution >= 4 is 5.91 Å². The van der Waals surface area contributed by atoms with E-state index >= 15 is 0 Å². The van der Waals surface area contributed by atoms with Gasteiger partial charge in [0.1, 0.15) is 5.75 Å². The zero-order valence-electron chi connectivity index (χ0n) is 11.8. The number of nitrogens with one attached hydrogen (secondary N) is 1. The molecule has 0 unspecified atom stereocenters. The van der Waals surface area contributed by atoms with E-state index < -0.39 is 0 Å². The van der Waals surface area contributed by atoms with Crippen LogP contribution in [0.1, 0.15) is 12.5 Å². The lowest BCUT2D eigenvalue weighted by Crippen LogP contribution is -2.28. The first kappa shape index (κ1) is 14.1. The molecular weight excluding hydrogens is 250 g/mol. The second kappa shape index (κ2) is 6.75. The summed E-state index contributed by atoms with van der Waals surface area (Å²) in [5.74, 6) is 0.599. The van der Waals surface area contributed by atoms with Gasteiger partial charge in [0.2, 0.25) is 0 Å². The topological polar surface area (TPSA) is 38.3 Å².